The maximum absolute atomic E-state index is 9.36. The van der Waals surface area contributed by atoms with Gasteiger partial charge in [0.1, 0.15) is 12.1 Å². The first-order valence-corrected chi connectivity index (χ1v) is 7.45. The Bertz CT molecular complexity index is 610. The summed E-state index contributed by atoms with van der Waals surface area (Å²) in [5, 5.41) is 15.3. The van der Waals surface area contributed by atoms with Gasteiger partial charge in [0.15, 0.2) is 0 Å². The van der Waals surface area contributed by atoms with Crippen LogP contribution in [-0.2, 0) is 0 Å². The zero-order valence-electron chi connectivity index (χ0n) is 12.2. The van der Waals surface area contributed by atoms with Crippen molar-refractivity contribution in [3.05, 3.63) is 71.8 Å². The molecule has 2 aromatic rings. The summed E-state index contributed by atoms with van der Waals surface area (Å²) in [4.78, 5) is 0. The van der Waals surface area contributed by atoms with Gasteiger partial charge < -0.3 is 10.5 Å². The van der Waals surface area contributed by atoms with Crippen molar-refractivity contribution >= 4 is 5.71 Å². The van der Waals surface area contributed by atoms with Gasteiger partial charge in [-0.25, -0.2) is 0 Å². The Morgan fingerprint density at radius 2 is 1.52 bits per heavy atom. The molecule has 21 heavy (non-hydrogen) atoms. The van der Waals surface area contributed by atoms with E-state index in [1.807, 2.05) is 12.1 Å². The Labute approximate surface area is 125 Å². The van der Waals surface area contributed by atoms with E-state index in [0.29, 0.717) is 6.04 Å². The van der Waals surface area contributed by atoms with E-state index in [1.165, 1.54) is 11.1 Å². The molecule has 1 heterocycles. The third-order valence-corrected chi connectivity index (χ3v) is 4.47. The van der Waals surface area contributed by atoms with Crippen molar-refractivity contribution in [3.63, 3.8) is 0 Å². The third kappa shape index (κ3) is 2.83. The summed E-state index contributed by atoms with van der Waals surface area (Å²) in [6.07, 6.45) is 0.797. The van der Waals surface area contributed by atoms with Crippen molar-refractivity contribution in [1.29, 1.82) is 0 Å². The molecule has 1 aliphatic heterocycles. The Balaban J connectivity index is 1.93. The molecule has 1 saturated heterocycles. The molecule has 3 N–H and O–H groups in total. The van der Waals surface area contributed by atoms with Crippen LogP contribution < -0.4 is 5.32 Å². The normalized spacial score (nSPS) is 27.7. The first kappa shape index (κ1) is 13.8. The smallest absolute Gasteiger partial charge is 0.120 e. The summed E-state index contributed by atoms with van der Waals surface area (Å²) < 4.78 is 0. The average molecular weight is 281 g/mol. The largest absolute Gasteiger partial charge is 0.411 e. The summed E-state index contributed by atoms with van der Waals surface area (Å²) >= 11 is 0. The van der Waals surface area contributed by atoms with Crippen molar-refractivity contribution in [2.75, 3.05) is 0 Å². The molecule has 3 rings (SSSR count). The number of hydrogen-bond acceptors (Lipinski definition) is 2. The molecule has 3 atom stereocenters. The van der Waals surface area contributed by atoms with Crippen LogP contribution in [0.25, 0.3) is 0 Å². The lowest BCUT2D eigenvalue weighted by atomic mass is 9.81. The predicted molar refractivity (Wildman–Crippen MR) is 83.3 cm³/mol. The number of piperidine rings is 1. The van der Waals surface area contributed by atoms with Gasteiger partial charge in [0.25, 0.3) is 0 Å². The molecule has 0 aromatic heterocycles. The minimum absolute atomic E-state index is 0.234. The number of oxime groups is 1. The number of rotatable bonds is 2. The van der Waals surface area contributed by atoms with Crippen LogP contribution in [0.5, 0.6) is 0 Å². The standard InChI is InChI=1S/C18H20N2O/c1-13-16(20-21)12-17(14-8-4-2-5-9-14)19-18(13)15-10-6-3-7-11-15/h2-11,13,17-19,21H,12H2,1H3/p+1/b20-16+/t13-,17-,18-/m0/s1. The molecule has 2 aromatic carbocycles. The maximum Gasteiger partial charge on any atom is 0.120 e. The average Bonchev–Trinajstić information content (AvgIpc) is 2.56. The molecule has 0 spiro atoms. The first-order valence-electron chi connectivity index (χ1n) is 7.45. The van der Waals surface area contributed by atoms with Gasteiger partial charge in [0, 0.05) is 17.5 Å². The van der Waals surface area contributed by atoms with Crippen LogP contribution in [0.3, 0.4) is 0 Å². The highest BCUT2D eigenvalue weighted by molar-refractivity contribution is 5.87. The van der Waals surface area contributed by atoms with E-state index < -0.39 is 0 Å². The minimum atomic E-state index is 0.234. The predicted octanol–water partition coefficient (Wildman–Crippen LogP) is 2.90. The van der Waals surface area contributed by atoms with Gasteiger partial charge in [-0.15, -0.1) is 0 Å². The van der Waals surface area contributed by atoms with Crippen molar-refractivity contribution in [2.45, 2.75) is 25.4 Å². The molecule has 0 amide bonds. The number of nitrogens with two attached hydrogens (primary N) is 1. The monoisotopic (exact) mass is 281 g/mol. The quantitative estimate of drug-likeness (QED) is 0.645. The summed E-state index contributed by atoms with van der Waals surface area (Å²) in [6, 6.07) is 21.5. The third-order valence-electron chi connectivity index (χ3n) is 4.47. The topological polar surface area (TPSA) is 49.2 Å². The Morgan fingerprint density at radius 3 is 2.10 bits per heavy atom. The Kier molecular flexibility index (Phi) is 4.02. The molecule has 0 saturated carbocycles. The van der Waals surface area contributed by atoms with Crippen molar-refractivity contribution in [1.82, 2.24) is 0 Å². The van der Waals surface area contributed by atoms with Crippen LogP contribution in [0, 0.1) is 5.92 Å². The first-order chi connectivity index (χ1) is 10.3. The zero-order chi connectivity index (χ0) is 14.7. The van der Waals surface area contributed by atoms with E-state index in [4.69, 9.17) is 0 Å². The summed E-state index contributed by atoms with van der Waals surface area (Å²) in [7, 11) is 0. The SMILES string of the molecule is C[C@H]1/C(=N/O)C[C@@H](c2ccccc2)[NH2+][C@@H]1c1ccccc1. The molecule has 0 unspecified atom stereocenters. The highest BCUT2D eigenvalue weighted by Crippen LogP contribution is 2.29. The van der Waals surface area contributed by atoms with E-state index in [9.17, 15) is 5.21 Å². The second kappa shape index (κ2) is 6.10. The fourth-order valence-corrected chi connectivity index (χ4v) is 3.24. The van der Waals surface area contributed by atoms with Crippen LogP contribution in [0.4, 0.5) is 0 Å². The number of benzene rings is 2. The van der Waals surface area contributed by atoms with Gasteiger partial charge >= 0.3 is 0 Å². The van der Waals surface area contributed by atoms with Gasteiger partial charge in [-0.3, -0.25) is 0 Å². The molecule has 0 radical (unpaired) electrons. The molecular formula is C18H21N2O+. The number of nitrogens with zero attached hydrogens (tertiary/aromatic N) is 1. The van der Waals surface area contributed by atoms with Crippen LogP contribution in [0.2, 0.25) is 0 Å². The van der Waals surface area contributed by atoms with Crippen molar-refractivity contribution in [3.8, 4) is 0 Å². The molecule has 0 aliphatic carbocycles. The van der Waals surface area contributed by atoms with Crippen LogP contribution in [0.1, 0.15) is 36.6 Å². The molecule has 0 bridgehead atoms. The van der Waals surface area contributed by atoms with Crippen LogP contribution >= 0.6 is 0 Å². The van der Waals surface area contributed by atoms with Gasteiger partial charge in [-0.05, 0) is 0 Å². The highest BCUT2D eigenvalue weighted by atomic mass is 16.4. The van der Waals surface area contributed by atoms with Crippen LogP contribution in [0.15, 0.2) is 65.8 Å². The second-order valence-corrected chi connectivity index (χ2v) is 5.73. The molecule has 3 nitrogen and oxygen atoms in total. The van der Waals surface area contributed by atoms with E-state index in [1.54, 1.807) is 0 Å². The summed E-state index contributed by atoms with van der Waals surface area (Å²) in [6.45, 7) is 2.14. The molecule has 1 fully saturated rings. The fraction of sp³-hybridized carbons (Fsp3) is 0.278. The van der Waals surface area contributed by atoms with Gasteiger partial charge in [0.05, 0.1) is 11.6 Å². The van der Waals surface area contributed by atoms with E-state index in [2.05, 4.69) is 65.9 Å². The highest BCUT2D eigenvalue weighted by Gasteiger charge is 2.37. The fourth-order valence-electron chi connectivity index (χ4n) is 3.24. The number of quaternary nitrogens is 1. The van der Waals surface area contributed by atoms with Crippen molar-refractivity contribution in [2.24, 2.45) is 11.1 Å². The van der Waals surface area contributed by atoms with E-state index >= 15 is 0 Å². The lowest BCUT2D eigenvalue weighted by Crippen LogP contribution is -2.90. The Morgan fingerprint density at radius 1 is 0.952 bits per heavy atom. The lowest BCUT2D eigenvalue weighted by molar-refractivity contribution is -0.741. The maximum atomic E-state index is 9.36. The van der Waals surface area contributed by atoms with E-state index in [-0.39, 0.29) is 12.0 Å². The second-order valence-electron chi connectivity index (χ2n) is 5.73. The van der Waals surface area contributed by atoms with Gasteiger partial charge in [-0.2, -0.15) is 0 Å². The van der Waals surface area contributed by atoms with Gasteiger partial charge in [0.2, 0.25) is 0 Å². The molecular weight excluding hydrogens is 260 g/mol. The van der Waals surface area contributed by atoms with Crippen molar-refractivity contribution < 1.29 is 10.5 Å². The molecule has 108 valence electrons. The summed E-state index contributed by atoms with van der Waals surface area (Å²) in [5.41, 5.74) is 3.46. The minimum Gasteiger partial charge on any atom is -0.411 e. The molecule has 1 aliphatic rings. The molecule has 3 heteroatoms. The van der Waals surface area contributed by atoms with E-state index in [0.717, 1.165) is 12.1 Å². The zero-order valence-corrected chi connectivity index (χ0v) is 12.2. The number of hydrogen-bond donors (Lipinski definition) is 2. The lowest BCUT2D eigenvalue weighted by Gasteiger charge is -2.33. The summed E-state index contributed by atoms with van der Waals surface area (Å²) in [5.74, 6) is 0.234. The van der Waals surface area contributed by atoms with Gasteiger partial charge in [-0.1, -0.05) is 72.7 Å². The van der Waals surface area contributed by atoms with Crippen LogP contribution in [-0.4, -0.2) is 10.9 Å². The Hall–Kier alpha value is -2.13.